The number of hydrogen-bond donors (Lipinski definition) is 2. The molecule has 2 aromatic rings. The Morgan fingerprint density at radius 1 is 1.21 bits per heavy atom. The summed E-state index contributed by atoms with van der Waals surface area (Å²) in [6.45, 7) is 2.75. The molecule has 1 aromatic heterocycles. The summed E-state index contributed by atoms with van der Waals surface area (Å²) in [5, 5.41) is 11.6. The van der Waals surface area contributed by atoms with Gasteiger partial charge in [0.15, 0.2) is 0 Å². The third-order valence-corrected chi connectivity index (χ3v) is 6.20. The maximum Gasteiger partial charge on any atom is 0.147 e. The summed E-state index contributed by atoms with van der Waals surface area (Å²) in [6.07, 6.45) is 2.09. The van der Waals surface area contributed by atoms with Gasteiger partial charge in [-0.1, -0.05) is 0 Å². The second-order valence-corrected chi connectivity index (χ2v) is 8.36. The largest absolute Gasteiger partial charge is 0.400 e. The molecular formula is C19H24F2N4O3S. The molecule has 3 unspecified atom stereocenters. The molecule has 4 heterocycles. The van der Waals surface area contributed by atoms with Crippen molar-refractivity contribution in [3.63, 3.8) is 0 Å². The molecule has 10 heteroatoms. The molecule has 0 aliphatic carbocycles. The lowest BCUT2D eigenvalue weighted by Gasteiger charge is -2.38. The van der Waals surface area contributed by atoms with Crippen molar-refractivity contribution in [2.75, 3.05) is 20.3 Å². The zero-order chi connectivity index (χ0) is 20.5. The second-order valence-electron chi connectivity index (χ2n) is 7.25. The topological polar surface area (TPSA) is 89.1 Å². The van der Waals surface area contributed by atoms with Crippen molar-refractivity contribution >= 4 is 11.9 Å². The summed E-state index contributed by atoms with van der Waals surface area (Å²) in [4.78, 5) is 2.29. The van der Waals surface area contributed by atoms with Crippen LogP contribution in [0.25, 0.3) is 0 Å². The highest BCUT2D eigenvalue weighted by Crippen LogP contribution is 2.35. The van der Waals surface area contributed by atoms with E-state index in [1.807, 2.05) is 4.09 Å². The number of aliphatic hydroxyl groups excluding tert-OH is 1. The van der Waals surface area contributed by atoms with E-state index >= 15 is 0 Å². The van der Waals surface area contributed by atoms with E-state index in [-0.39, 0.29) is 17.0 Å². The molecule has 0 radical (unpaired) electrons. The highest BCUT2D eigenvalue weighted by Gasteiger charge is 2.37. The monoisotopic (exact) mass is 426 g/mol. The molecule has 0 amide bonds. The molecular weight excluding hydrogens is 402 g/mol. The summed E-state index contributed by atoms with van der Waals surface area (Å²) < 4.78 is 40.5. The van der Waals surface area contributed by atoms with Gasteiger partial charge in [-0.2, -0.15) is 5.10 Å². The Labute approximate surface area is 171 Å². The number of rotatable bonds is 4. The van der Waals surface area contributed by atoms with Crippen LogP contribution in [0.5, 0.6) is 0 Å². The summed E-state index contributed by atoms with van der Waals surface area (Å²) in [6, 6.07) is 3.14. The number of aliphatic hydroxyl groups is 1. The van der Waals surface area contributed by atoms with Gasteiger partial charge in [0.25, 0.3) is 0 Å². The maximum atomic E-state index is 14.1. The lowest BCUT2D eigenvalue weighted by Crippen LogP contribution is -2.47. The van der Waals surface area contributed by atoms with Crippen LogP contribution in [0.3, 0.4) is 0 Å². The first kappa shape index (κ1) is 20.7. The van der Waals surface area contributed by atoms with Gasteiger partial charge in [0.1, 0.15) is 23.2 Å². The number of fused-ring (bicyclic) bond motifs is 1. The van der Waals surface area contributed by atoms with Gasteiger partial charge < -0.3 is 20.3 Å². The maximum absolute atomic E-state index is 14.1. The minimum atomic E-state index is -0.624. The number of aromatic nitrogens is 2. The van der Waals surface area contributed by atoms with Crippen LogP contribution < -0.4 is 5.73 Å². The molecule has 0 spiro atoms. The van der Waals surface area contributed by atoms with Gasteiger partial charge >= 0.3 is 0 Å². The Bertz CT molecular complexity index is 840. The minimum absolute atomic E-state index is 0.134. The Kier molecular flexibility index (Phi) is 6.19. The minimum Gasteiger partial charge on any atom is -0.400 e. The zero-order valence-corrected chi connectivity index (χ0v) is 16.8. The Morgan fingerprint density at radius 3 is 2.69 bits per heavy atom. The number of hydrogen-bond acceptors (Lipinski definition) is 7. The third-order valence-electron chi connectivity index (χ3n) is 5.29. The van der Waals surface area contributed by atoms with Crippen molar-refractivity contribution in [2.24, 2.45) is 5.73 Å². The molecule has 158 valence electrons. The molecule has 2 saturated heterocycles. The lowest BCUT2D eigenvalue weighted by molar-refractivity contribution is -0.0533. The van der Waals surface area contributed by atoms with E-state index in [0.717, 1.165) is 44.6 Å². The summed E-state index contributed by atoms with van der Waals surface area (Å²) in [5.74, 6) is -0.969. The number of nitrogens with two attached hydrogens (primary N) is 1. The van der Waals surface area contributed by atoms with Crippen LogP contribution in [-0.4, -0.2) is 57.0 Å². The van der Waals surface area contributed by atoms with E-state index in [4.69, 9.17) is 20.3 Å². The van der Waals surface area contributed by atoms with E-state index in [1.165, 1.54) is 11.6 Å². The van der Waals surface area contributed by atoms with Crippen LogP contribution in [0.1, 0.15) is 29.3 Å². The standard InChI is InChI=1S/C18H20F2N4O2S.CH4O/c19-11-1-2-14(20)13(3-11)18-15(21)4-12(8-26-18)23-5-10-6-24(22-16(10)7-23)27-17-9-25-17;1-2/h1-3,6,12,15,17-18H,4-5,7-9,21H2;2H,1H3/t12?,15?,17?,18-;/m1./s1. The van der Waals surface area contributed by atoms with Crippen molar-refractivity contribution in [3.8, 4) is 0 Å². The number of ether oxygens (including phenoxy) is 2. The lowest BCUT2D eigenvalue weighted by atomic mass is 9.93. The summed E-state index contributed by atoms with van der Waals surface area (Å²) in [7, 11) is 1.00. The highest BCUT2D eigenvalue weighted by atomic mass is 32.2. The molecule has 1 aromatic carbocycles. The van der Waals surface area contributed by atoms with Gasteiger partial charge in [0.2, 0.25) is 0 Å². The highest BCUT2D eigenvalue weighted by molar-refractivity contribution is 7.98. The van der Waals surface area contributed by atoms with Crippen LogP contribution in [0, 0.1) is 11.6 Å². The van der Waals surface area contributed by atoms with Gasteiger partial charge in [0.05, 0.1) is 18.9 Å². The van der Waals surface area contributed by atoms with Gasteiger partial charge in [0, 0.05) is 61.6 Å². The molecule has 5 rings (SSSR count). The molecule has 2 fully saturated rings. The smallest absolute Gasteiger partial charge is 0.147 e. The van der Waals surface area contributed by atoms with E-state index in [0.29, 0.717) is 13.0 Å². The molecule has 0 saturated carbocycles. The fourth-order valence-corrected chi connectivity index (χ4v) is 4.61. The Balaban J connectivity index is 0.000000994. The predicted octanol–water partition coefficient (Wildman–Crippen LogP) is 1.80. The first-order valence-electron chi connectivity index (χ1n) is 9.44. The van der Waals surface area contributed by atoms with Gasteiger partial charge in [-0.05, 0) is 24.6 Å². The summed E-state index contributed by atoms with van der Waals surface area (Å²) in [5.41, 5.74) is 8.97. The average molecular weight is 426 g/mol. The first-order valence-corrected chi connectivity index (χ1v) is 10.3. The van der Waals surface area contributed by atoms with Gasteiger partial charge in [-0.25, -0.2) is 12.9 Å². The SMILES string of the molecule is CO.NC1CC(N2Cc3cn(SC4CO4)nc3C2)CO[C@@H]1c1cc(F)ccc1F. The van der Waals surface area contributed by atoms with Crippen LogP contribution in [-0.2, 0) is 22.6 Å². The zero-order valence-electron chi connectivity index (χ0n) is 16.0. The molecule has 3 N–H and O–H groups in total. The molecule has 3 aliphatic rings. The van der Waals surface area contributed by atoms with Crippen LogP contribution in [0.15, 0.2) is 24.4 Å². The number of nitrogens with zero attached hydrogens (tertiary/aromatic N) is 3. The van der Waals surface area contributed by atoms with Crippen LogP contribution in [0.4, 0.5) is 8.78 Å². The van der Waals surface area contributed by atoms with Gasteiger partial charge in [-0.15, -0.1) is 0 Å². The van der Waals surface area contributed by atoms with Gasteiger partial charge in [-0.3, -0.25) is 4.90 Å². The summed E-state index contributed by atoms with van der Waals surface area (Å²) >= 11 is 1.59. The van der Waals surface area contributed by atoms with E-state index in [9.17, 15) is 8.78 Å². The number of benzene rings is 1. The predicted molar refractivity (Wildman–Crippen MR) is 104 cm³/mol. The quantitative estimate of drug-likeness (QED) is 0.721. The fraction of sp³-hybridized carbons (Fsp3) is 0.526. The molecule has 29 heavy (non-hydrogen) atoms. The van der Waals surface area contributed by atoms with Crippen molar-refractivity contribution in [1.29, 1.82) is 0 Å². The molecule has 0 bridgehead atoms. The second kappa shape index (κ2) is 8.66. The number of halogens is 2. The Morgan fingerprint density at radius 2 is 2.00 bits per heavy atom. The van der Waals surface area contributed by atoms with Crippen molar-refractivity contribution in [1.82, 2.24) is 14.1 Å². The van der Waals surface area contributed by atoms with Crippen LogP contribution in [0.2, 0.25) is 0 Å². The van der Waals surface area contributed by atoms with Crippen molar-refractivity contribution in [3.05, 3.63) is 52.9 Å². The number of epoxide rings is 1. The molecule has 3 aliphatic heterocycles. The van der Waals surface area contributed by atoms with E-state index in [1.54, 1.807) is 11.9 Å². The third kappa shape index (κ3) is 4.47. The van der Waals surface area contributed by atoms with Crippen molar-refractivity contribution in [2.45, 2.75) is 43.1 Å². The molecule has 7 nitrogen and oxygen atoms in total. The van der Waals surface area contributed by atoms with E-state index < -0.39 is 23.8 Å². The van der Waals surface area contributed by atoms with Crippen molar-refractivity contribution < 1.29 is 23.4 Å². The Hall–Kier alpha value is -1.56. The van der Waals surface area contributed by atoms with E-state index in [2.05, 4.69) is 16.2 Å². The molecule has 4 atom stereocenters. The fourth-order valence-electron chi connectivity index (χ4n) is 3.84. The normalized spacial score (nSPS) is 28.6. The first-order chi connectivity index (χ1) is 14.1. The average Bonchev–Trinajstić information content (AvgIpc) is 3.32. The van der Waals surface area contributed by atoms with Crippen LogP contribution >= 0.6 is 11.9 Å².